The lowest BCUT2D eigenvalue weighted by Crippen LogP contribution is -2.31. The molecule has 1 amide bonds. The Bertz CT molecular complexity index is 430. The summed E-state index contributed by atoms with van der Waals surface area (Å²) in [5.74, 6) is 1.27. The van der Waals surface area contributed by atoms with Crippen LogP contribution in [-0.4, -0.2) is 23.5 Å². The maximum Gasteiger partial charge on any atom is 0.251 e. The van der Waals surface area contributed by atoms with Crippen molar-refractivity contribution in [2.75, 3.05) is 12.3 Å². The smallest absolute Gasteiger partial charge is 0.251 e. The van der Waals surface area contributed by atoms with Crippen molar-refractivity contribution in [3.05, 3.63) is 33.8 Å². The lowest BCUT2D eigenvalue weighted by Gasteiger charge is -2.21. The van der Waals surface area contributed by atoms with Crippen molar-refractivity contribution in [1.82, 2.24) is 5.32 Å². The van der Waals surface area contributed by atoms with Crippen LogP contribution >= 0.6 is 27.7 Å². The number of thioether (sulfide) groups is 1. The second-order valence-electron chi connectivity index (χ2n) is 4.66. The van der Waals surface area contributed by atoms with E-state index in [2.05, 4.69) is 21.2 Å². The number of hydrogen-bond acceptors (Lipinski definition) is 2. The van der Waals surface area contributed by atoms with E-state index < -0.39 is 0 Å². The molecule has 1 aromatic carbocycles. The summed E-state index contributed by atoms with van der Waals surface area (Å²) in [4.78, 5) is 12.0. The largest absolute Gasteiger partial charge is 0.351 e. The van der Waals surface area contributed by atoms with E-state index in [1.54, 1.807) is 0 Å². The molecule has 0 radical (unpaired) electrons. The number of carbonyl (C=O) groups is 1. The first-order valence-corrected chi connectivity index (χ1v) is 8.17. The van der Waals surface area contributed by atoms with Crippen molar-refractivity contribution < 1.29 is 4.79 Å². The van der Waals surface area contributed by atoms with Gasteiger partial charge in [-0.15, -0.1) is 0 Å². The maximum absolute atomic E-state index is 12.0. The van der Waals surface area contributed by atoms with Crippen LogP contribution in [0.3, 0.4) is 0 Å². The molecule has 1 aromatic rings. The summed E-state index contributed by atoms with van der Waals surface area (Å²) in [6.45, 7) is 2.79. The zero-order valence-corrected chi connectivity index (χ0v) is 12.9. The van der Waals surface area contributed by atoms with Gasteiger partial charge in [-0.25, -0.2) is 0 Å². The molecule has 0 aliphatic carbocycles. The highest BCUT2D eigenvalue weighted by Gasteiger charge is 2.15. The molecule has 0 aromatic heterocycles. The number of hydrogen-bond donors (Lipinski definition) is 1. The highest BCUT2D eigenvalue weighted by atomic mass is 79.9. The van der Waals surface area contributed by atoms with Gasteiger partial charge in [0.25, 0.3) is 5.91 Å². The van der Waals surface area contributed by atoms with E-state index in [4.69, 9.17) is 0 Å². The molecule has 2 nitrogen and oxygen atoms in total. The van der Waals surface area contributed by atoms with Crippen LogP contribution in [0.25, 0.3) is 0 Å². The van der Waals surface area contributed by atoms with Crippen molar-refractivity contribution >= 4 is 33.6 Å². The van der Waals surface area contributed by atoms with Crippen LogP contribution in [0.15, 0.2) is 22.7 Å². The predicted octanol–water partition coefficient (Wildman–Crippen LogP) is 3.77. The number of carbonyl (C=O) groups excluding carboxylic acids is 1. The number of nitrogens with one attached hydrogen (secondary N) is 1. The van der Waals surface area contributed by atoms with Gasteiger partial charge in [0.05, 0.1) is 0 Å². The lowest BCUT2D eigenvalue weighted by molar-refractivity contribution is 0.0953. The van der Waals surface area contributed by atoms with E-state index in [9.17, 15) is 4.79 Å². The number of benzene rings is 1. The normalized spacial score (nSPS) is 19.6. The summed E-state index contributed by atoms with van der Waals surface area (Å²) in [5, 5.41) is 3.64. The Balaban J connectivity index is 1.88. The minimum atomic E-state index is 0.0387. The van der Waals surface area contributed by atoms with Crippen molar-refractivity contribution in [3.63, 3.8) is 0 Å². The quantitative estimate of drug-likeness (QED) is 0.915. The van der Waals surface area contributed by atoms with Crippen molar-refractivity contribution in [3.8, 4) is 0 Å². The molecule has 1 saturated heterocycles. The van der Waals surface area contributed by atoms with E-state index >= 15 is 0 Å². The van der Waals surface area contributed by atoms with Gasteiger partial charge < -0.3 is 5.32 Å². The number of amides is 1. The van der Waals surface area contributed by atoms with Crippen LogP contribution in [0.2, 0.25) is 0 Å². The van der Waals surface area contributed by atoms with Crippen LogP contribution in [0.4, 0.5) is 0 Å². The average Bonchev–Trinajstić information content (AvgIpc) is 2.40. The Morgan fingerprint density at radius 2 is 2.33 bits per heavy atom. The summed E-state index contributed by atoms with van der Waals surface area (Å²) < 4.78 is 1.04. The first-order valence-electron chi connectivity index (χ1n) is 6.33. The fraction of sp³-hybridized carbons (Fsp3) is 0.500. The molecule has 0 saturated carbocycles. The predicted molar refractivity (Wildman–Crippen MR) is 81.3 cm³/mol. The monoisotopic (exact) mass is 327 g/mol. The molecule has 4 heteroatoms. The number of aryl methyl sites for hydroxylation is 1. The Hall–Kier alpha value is -0.480. The summed E-state index contributed by atoms with van der Waals surface area (Å²) in [7, 11) is 0. The standard InChI is InChI=1S/C14H18BrNOS/c1-10-8-11(5-6-13(10)15)14(17)16-9-12-4-2-3-7-18-12/h5-6,8,12H,2-4,7,9H2,1H3,(H,16,17). The average molecular weight is 328 g/mol. The van der Waals surface area contributed by atoms with Crippen LogP contribution in [0.5, 0.6) is 0 Å². The van der Waals surface area contributed by atoms with Crippen LogP contribution in [-0.2, 0) is 0 Å². The van der Waals surface area contributed by atoms with Crippen molar-refractivity contribution in [1.29, 1.82) is 0 Å². The molecule has 2 rings (SSSR count). The Kier molecular flexibility index (Phi) is 5.13. The van der Waals surface area contributed by atoms with Crippen LogP contribution in [0.1, 0.15) is 35.2 Å². The van der Waals surface area contributed by atoms with Crippen molar-refractivity contribution in [2.45, 2.75) is 31.4 Å². The number of halogens is 1. The third kappa shape index (κ3) is 3.75. The molecule has 1 aliphatic heterocycles. The third-order valence-electron chi connectivity index (χ3n) is 3.18. The fourth-order valence-corrected chi connectivity index (χ4v) is 3.55. The van der Waals surface area contributed by atoms with Gasteiger partial charge in [-0.1, -0.05) is 22.4 Å². The Labute approximate surface area is 121 Å². The van der Waals surface area contributed by atoms with E-state index in [0.29, 0.717) is 5.25 Å². The number of rotatable bonds is 3. The van der Waals surface area contributed by atoms with Gasteiger partial charge in [0.1, 0.15) is 0 Å². The zero-order valence-electron chi connectivity index (χ0n) is 10.5. The van der Waals surface area contributed by atoms with Crippen molar-refractivity contribution in [2.24, 2.45) is 0 Å². The summed E-state index contributed by atoms with van der Waals surface area (Å²) in [6.07, 6.45) is 3.84. The third-order valence-corrected chi connectivity index (χ3v) is 5.47. The minimum Gasteiger partial charge on any atom is -0.351 e. The summed E-state index contributed by atoms with van der Waals surface area (Å²) in [5.41, 5.74) is 1.84. The first kappa shape index (κ1) is 13.9. The second kappa shape index (κ2) is 6.62. The second-order valence-corrected chi connectivity index (χ2v) is 6.93. The van der Waals surface area contributed by atoms with Gasteiger partial charge in [0, 0.05) is 21.8 Å². The fourth-order valence-electron chi connectivity index (χ4n) is 2.06. The molecule has 98 valence electrons. The highest BCUT2D eigenvalue weighted by molar-refractivity contribution is 9.10. The molecule has 1 aliphatic rings. The molecule has 1 atom stereocenters. The van der Waals surface area contributed by atoms with E-state index in [1.807, 2.05) is 36.9 Å². The van der Waals surface area contributed by atoms with Gasteiger partial charge in [0.2, 0.25) is 0 Å². The van der Waals surface area contributed by atoms with Crippen LogP contribution in [0, 0.1) is 6.92 Å². The molecule has 1 heterocycles. The molecule has 0 spiro atoms. The van der Waals surface area contributed by atoms with E-state index in [1.165, 1.54) is 25.0 Å². The summed E-state index contributed by atoms with van der Waals surface area (Å²) in [6, 6.07) is 5.72. The molecule has 1 unspecified atom stereocenters. The van der Waals surface area contributed by atoms with Gasteiger partial charge in [0.15, 0.2) is 0 Å². The van der Waals surface area contributed by atoms with Gasteiger partial charge in [-0.05, 0) is 49.3 Å². The molecule has 0 bridgehead atoms. The van der Waals surface area contributed by atoms with E-state index in [0.717, 1.165) is 22.1 Å². The highest BCUT2D eigenvalue weighted by Crippen LogP contribution is 2.24. The van der Waals surface area contributed by atoms with E-state index in [-0.39, 0.29) is 5.91 Å². The Morgan fingerprint density at radius 1 is 1.50 bits per heavy atom. The zero-order chi connectivity index (χ0) is 13.0. The molecular formula is C14H18BrNOS. The van der Waals surface area contributed by atoms with Gasteiger partial charge >= 0.3 is 0 Å². The molecule has 18 heavy (non-hydrogen) atoms. The SMILES string of the molecule is Cc1cc(C(=O)NCC2CCCCS2)ccc1Br. The Morgan fingerprint density at radius 3 is 3.00 bits per heavy atom. The van der Waals surface area contributed by atoms with Crippen LogP contribution < -0.4 is 5.32 Å². The van der Waals surface area contributed by atoms with Gasteiger partial charge in [-0.2, -0.15) is 11.8 Å². The van der Waals surface area contributed by atoms with Gasteiger partial charge in [-0.3, -0.25) is 4.79 Å². The first-order chi connectivity index (χ1) is 8.66. The maximum atomic E-state index is 12.0. The minimum absolute atomic E-state index is 0.0387. The topological polar surface area (TPSA) is 29.1 Å². The lowest BCUT2D eigenvalue weighted by atomic mass is 10.1. The summed E-state index contributed by atoms with van der Waals surface area (Å²) >= 11 is 5.43. The molecular weight excluding hydrogens is 310 g/mol. The molecule has 1 N–H and O–H groups in total. The molecule has 1 fully saturated rings.